The van der Waals surface area contributed by atoms with Gasteiger partial charge in [0.25, 0.3) is 0 Å². The minimum atomic E-state index is 0.656. The third-order valence-electron chi connectivity index (χ3n) is 2.86. The first kappa shape index (κ1) is 9.24. The van der Waals surface area contributed by atoms with E-state index in [-0.39, 0.29) is 0 Å². The van der Waals surface area contributed by atoms with E-state index in [2.05, 4.69) is 21.8 Å². The summed E-state index contributed by atoms with van der Waals surface area (Å²) in [6, 6.07) is 0. The first-order chi connectivity index (χ1) is 6.68. The molecule has 4 heteroatoms. The van der Waals surface area contributed by atoms with Gasteiger partial charge in [-0.2, -0.15) is 0 Å². The van der Waals surface area contributed by atoms with Gasteiger partial charge in [-0.1, -0.05) is 6.92 Å². The van der Waals surface area contributed by atoms with Crippen molar-refractivity contribution in [3.05, 3.63) is 12.5 Å². The minimum absolute atomic E-state index is 0.656. The second-order valence-electron chi connectivity index (χ2n) is 4.16. The molecule has 76 valence electrons. The Labute approximate surface area is 84.2 Å². The summed E-state index contributed by atoms with van der Waals surface area (Å²) in [6.07, 6.45) is 4.52. The molecular weight excluding hydrogens is 176 g/mol. The van der Waals surface area contributed by atoms with Crippen molar-refractivity contribution in [2.45, 2.75) is 13.3 Å². The molecule has 2 rings (SSSR count). The van der Waals surface area contributed by atoms with Crippen molar-refractivity contribution >= 4 is 11.5 Å². The first-order valence-electron chi connectivity index (χ1n) is 4.95. The number of nitrogens with zero attached hydrogens (tertiary/aromatic N) is 3. The Morgan fingerprint density at radius 2 is 2.36 bits per heavy atom. The molecule has 0 amide bonds. The van der Waals surface area contributed by atoms with Gasteiger partial charge in [0.15, 0.2) is 5.82 Å². The van der Waals surface area contributed by atoms with Gasteiger partial charge in [0.05, 0.1) is 11.9 Å². The van der Waals surface area contributed by atoms with Crippen molar-refractivity contribution < 1.29 is 0 Å². The van der Waals surface area contributed by atoms with Crippen LogP contribution in [0.1, 0.15) is 13.3 Å². The zero-order valence-corrected chi connectivity index (χ0v) is 8.64. The Hall–Kier alpha value is -1.32. The molecular formula is C10H16N4. The highest BCUT2D eigenvalue weighted by Crippen LogP contribution is 2.38. The number of rotatable bonds is 3. The molecule has 2 N–H and O–H groups in total. The fraction of sp³-hybridized carbons (Fsp3) is 0.600. The van der Waals surface area contributed by atoms with Crippen LogP contribution in [-0.4, -0.2) is 23.6 Å². The Morgan fingerprint density at radius 1 is 1.64 bits per heavy atom. The highest BCUT2D eigenvalue weighted by molar-refractivity contribution is 5.60. The summed E-state index contributed by atoms with van der Waals surface area (Å²) >= 11 is 0. The van der Waals surface area contributed by atoms with Crippen LogP contribution in [0.25, 0.3) is 0 Å². The van der Waals surface area contributed by atoms with Gasteiger partial charge >= 0.3 is 0 Å². The molecule has 0 saturated heterocycles. The van der Waals surface area contributed by atoms with E-state index < -0.39 is 0 Å². The van der Waals surface area contributed by atoms with Crippen LogP contribution in [0.3, 0.4) is 0 Å². The number of nitrogen functional groups attached to an aromatic ring is 1. The molecule has 0 radical (unpaired) electrons. The van der Waals surface area contributed by atoms with Crippen LogP contribution in [0.5, 0.6) is 0 Å². The molecule has 1 saturated carbocycles. The van der Waals surface area contributed by atoms with E-state index >= 15 is 0 Å². The summed E-state index contributed by atoms with van der Waals surface area (Å²) in [6.45, 7) is 3.32. The third kappa shape index (κ3) is 1.78. The first-order valence-corrected chi connectivity index (χ1v) is 4.95. The maximum Gasteiger partial charge on any atom is 0.154 e. The Balaban J connectivity index is 2.03. The number of anilines is 2. The molecule has 1 heterocycles. The molecule has 4 nitrogen and oxygen atoms in total. The zero-order chi connectivity index (χ0) is 10.1. The van der Waals surface area contributed by atoms with Crippen LogP contribution in [0.2, 0.25) is 0 Å². The third-order valence-corrected chi connectivity index (χ3v) is 2.86. The van der Waals surface area contributed by atoms with Gasteiger partial charge in [0.2, 0.25) is 0 Å². The molecule has 1 fully saturated rings. The van der Waals surface area contributed by atoms with Crippen LogP contribution >= 0.6 is 0 Å². The lowest BCUT2D eigenvalue weighted by molar-refractivity contribution is 0.719. The fourth-order valence-electron chi connectivity index (χ4n) is 1.74. The van der Waals surface area contributed by atoms with Crippen LogP contribution in [0.15, 0.2) is 12.5 Å². The maximum atomic E-state index is 5.79. The molecule has 1 aliphatic rings. The summed E-state index contributed by atoms with van der Waals surface area (Å²) in [7, 11) is 2.03. The molecule has 0 spiro atoms. The zero-order valence-electron chi connectivity index (χ0n) is 8.64. The second-order valence-corrected chi connectivity index (χ2v) is 4.16. The summed E-state index contributed by atoms with van der Waals surface area (Å²) in [5, 5.41) is 0. The van der Waals surface area contributed by atoms with Gasteiger partial charge in [-0.15, -0.1) is 0 Å². The Kier molecular flexibility index (Phi) is 2.27. The predicted molar refractivity (Wildman–Crippen MR) is 57.0 cm³/mol. The van der Waals surface area contributed by atoms with E-state index in [4.69, 9.17) is 5.73 Å². The summed E-state index contributed by atoms with van der Waals surface area (Å²) in [5.41, 5.74) is 6.44. The van der Waals surface area contributed by atoms with Crippen molar-refractivity contribution in [2.75, 3.05) is 24.2 Å². The molecule has 2 unspecified atom stereocenters. The number of hydrogen-bond donors (Lipinski definition) is 1. The molecule has 0 bridgehead atoms. The fourth-order valence-corrected chi connectivity index (χ4v) is 1.74. The summed E-state index contributed by atoms with van der Waals surface area (Å²) in [4.78, 5) is 10.2. The monoisotopic (exact) mass is 192 g/mol. The van der Waals surface area contributed by atoms with Crippen molar-refractivity contribution in [3.8, 4) is 0 Å². The average Bonchev–Trinajstić information content (AvgIpc) is 2.82. The second kappa shape index (κ2) is 3.44. The van der Waals surface area contributed by atoms with E-state index in [1.54, 1.807) is 12.5 Å². The lowest BCUT2D eigenvalue weighted by Gasteiger charge is -2.18. The summed E-state index contributed by atoms with van der Waals surface area (Å²) in [5.74, 6) is 2.52. The van der Waals surface area contributed by atoms with Gasteiger partial charge in [-0.05, 0) is 18.3 Å². The van der Waals surface area contributed by atoms with Crippen LogP contribution in [0.4, 0.5) is 11.5 Å². The van der Waals surface area contributed by atoms with Crippen molar-refractivity contribution in [1.29, 1.82) is 0 Å². The van der Waals surface area contributed by atoms with E-state index in [9.17, 15) is 0 Å². The van der Waals surface area contributed by atoms with Gasteiger partial charge < -0.3 is 10.6 Å². The molecule has 1 aromatic heterocycles. The van der Waals surface area contributed by atoms with E-state index in [0.29, 0.717) is 5.69 Å². The highest BCUT2D eigenvalue weighted by Gasteiger charge is 2.33. The van der Waals surface area contributed by atoms with Crippen LogP contribution in [-0.2, 0) is 0 Å². The molecule has 2 atom stereocenters. The van der Waals surface area contributed by atoms with Crippen LogP contribution < -0.4 is 10.6 Å². The van der Waals surface area contributed by atoms with Crippen molar-refractivity contribution in [3.63, 3.8) is 0 Å². The normalized spacial score (nSPS) is 24.7. The van der Waals surface area contributed by atoms with E-state index in [0.717, 1.165) is 24.2 Å². The van der Waals surface area contributed by atoms with Gasteiger partial charge in [0.1, 0.15) is 6.33 Å². The topological polar surface area (TPSA) is 55.0 Å². The van der Waals surface area contributed by atoms with Gasteiger partial charge in [-0.25, -0.2) is 9.97 Å². The Bertz CT molecular complexity index is 326. The quantitative estimate of drug-likeness (QED) is 0.780. The van der Waals surface area contributed by atoms with Crippen LogP contribution in [0, 0.1) is 11.8 Å². The maximum absolute atomic E-state index is 5.79. The number of hydrogen-bond acceptors (Lipinski definition) is 4. The average molecular weight is 192 g/mol. The van der Waals surface area contributed by atoms with Crippen molar-refractivity contribution in [1.82, 2.24) is 9.97 Å². The number of nitrogens with two attached hydrogens (primary N) is 1. The summed E-state index contributed by atoms with van der Waals surface area (Å²) < 4.78 is 0. The highest BCUT2D eigenvalue weighted by atomic mass is 15.2. The molecule has 0 aromatic carbocycles. The standard InChI is InChI=1S/C10H16N4/c1-7-3-8(7)5-14(2)10-9(11)4-12-6-13-10/h4,6-8H,3,5,11H2,1-2H3. The minimum Gasteiger partial charge on any atom is -0.394 e. The van der Waals surface area contributed by atoms with E-state index in [1.807, 2.05) is 7.05 Å². The van der Waals surface area contributed by atoms with E-state index in [1.165, 1.54) is 6.42 Å². The largest absolute Gasteiger partial charge is 0.394 e. The lowest BCUT2D eigenvalue weighted by atomic mass is 10.3. The molecule has 1 aromatic rings. The van der Waals surface area contributed by atoms with Gasteiger partial charge in [0, 0.05) is 13.6 Å². The van der Waals surface area contributed by atoms with Gasteiger partial charge in [-0.3, -0.25) is 0 Å². The number of aromatic nitrogens is 2. The smallest absolute Gasteiger partial charge is 0.154 e. The molecule has 14 heavy (non-hydrogen) atoms. The molecule has 0 aliphatic heterocycles. The lowest BCUT2D eigenvalue weighted by Crippen LogP contribution is -2.22. The molecule has 1 aliphatic carbocycles. The SMILES string of the molecule is CC1CC1CN(C)c1ncncc1N. The van der Waals surface area contributed by atoms with Crippen molar-refractivity contribution in [2.24, 2.45) is 11.8 Å². The predicted octanol–water partition coefficient (Wildman–Crippen LogP) is 1.15. The Morgan fingerprint density at radius 3 is 2.93 bits per heavy atom.